The summed E-state index contributed by atoms with van der Waals surface area (Å²) in [5, 5.41) is 6.92. The predicted octanol–water partition coefficient (Wildman–Crippen LogP) is 3.93. The molecule has 2 saturated heterocycles. The van der Waals surface area contributed by atoms with Crippen molar-refractivity contribution in [3.63, 3.8) is 0 Å². The number of benzene rings is 1. The number of nitrogens with zero attached hydrogens (tertiary/aromatic N) is 2. The minimum Gasteiger partial charge on any atom is -0.381 e. The molecule has 6 nitrogen and oxygen atoms in total. The van der Waals surface area contributed by atoms with E-state index < -0.39 is 0 Å². The molecule has 0 amide bonds. The van der Waals surface area contributed by atoms with Crippen molar-refractivity contribution in [2.75, 3.05) is 39.9 Å². The highest BCUT2D eigenvalue weighted by atomic mass is 127. The lowest BCUT2D eigenvalue weighted by Crippen LogP contribution is -2.45. The van der Waals surface area contributed by atoms with Crippen molar-refractivity contribution in [1.29, 1.82) is 0 Å². The first-order valence-electron chi connectivity index (χ1n) is 11.7. The number of aliphatic imine (C=N–C) groups is 1. The number of likely N-dealkylation sites (tertiary alicyclic amines) is 1. The molecule has 1 atom stereocenters. The lowest BCUT2D eigenvalue weighted by Gasteiger charge is -2.35. The molecule has 31 heavy (non-hydrogen) atoms. The number of rotatable bonds is 9. The van der Waals surface area contributed by atoms with Crippen molar-refractivity contribution in [3.05, 3.63) is 35.4 Å². The van der Waals surface area contributed by atoms with E-state index in [1.807, 2.05) is 7.05 Å². The van der Waals surface area contributed by atoms with Crippen molar-refractivity contribution in [2.45, 2.75) is 70.7 Å². The Labute approximate surface area is 205 Å². The van der Waals surface area contributed by atoms with Gasteiger partial charge in [-0.3, -0.25) is 9.89 Å². The summed E-state index contributed by atoms with van der Waals surface area (Å²) in [7, 11) is 1.84. The van der Waals surface area contributed by atoms with E-state index in [1.165, 1.54) is 43.4 Å². The zero-order valence-corrected chi connectivity index (χ0v) is 21.6. The standard InChI is InChI=1S/C24H40N4O2.HI/c1-3-22-9-4-5-13-28(22)14-12-26-24(25-2)27-18-20-7-6-8-21(17-20)19-30-23-10-15-29-16-11-23;/h6-8,17,22-23H,3-5,9-16,18-19H2,1-2H3,(H2,25,26,27);1H. The van der Waals surface area contributed by atoms with Crippen LogP contribution < -0.4 is 10.6 Å². The molecule has 2 heterocycles. The fourth-order valence-corrected chi connectivity index (χ4v) is 4.43. The van der Waals surface area contributed by atoms with Gasteiger partial charge < -0.3 is 20.1 Å². The molecule has 2 aliphatic heterocycles. The van der Waals surface area contributed by atoms with E-state index >= 15 is 0 Å². The van der Waals surface area contributed by atoms with Crippen molar-refractivity contribution in [1.82, 2.24) is 15.5 Å². The molecule has 2 aliphatic rings. The van der Waals surface area contributed by atoms with Crippen LogP contribution in [0.15, 0.2) is 29.3 Å². The third kappa shape index (κ3) is 9.24. The van der Waals surface area contributed by atoms with Crippen LogP contribution in [-0.2, 0) is 22.6 Å². The van der Waals surface area contributed by atoms with Crippen LogP contribution in [0.5, 0.6) is 0 Å². The van der Waals surface area contributed by atoms with Crippen LogP contribution in [0.1, 0.15) is 56.6 Å². The summed E-state index contributed by atoms with van der Waals surface area (Å²) >= 11 is 0. The summed E-state index contributed by atoms with van der Waals surface area (Å²) in [6.07, 6.45) is 7.64. The lowest BCUT2D eigenvalue weighted by molar-refractivity contribution is -0.0390. The van der Waals surface area contributed by atoms with Crippen LogP contribution in [0.2, 0.25) is 0 Å². The van der Waals surface area contributed by atoms with Gasteiger partial charge in [-0.2, -0.15) is 0 Å². The van der Waals surface area contributed by atoms with Crippen LogP contribution in [0.3, 0.4) is 0 Å². The first kappa shape index (κ1) is 26.4. The highest BCUT2D eigenvalue weighted by molar-refractivity contribution is 14.0. The fourth-order valence-electron chi connectivity index (χ4n) is 4.43. The second-order valence-electron chi connectivity index (χ2n) is 8.39. The number of hydrogen-bond acceptors (Lipinski definition) is 4. The topological polar surface area (TPSA) is 58.1 Å². The van der Waals surface area contributed by atoms with E-state index in [1.54, 1.807) is 0 Å². The Morgan fingerprint density at radius 2 is 1.97 bits per heavy atom. The zero-order chi connectivity index (χ0) is 21.0. The van der Waals surface area contributed by atoms with Gasteiger partial charge in [-0.1, -0.05) is 37.6 Å². The number of nitrogens with one attached hydrogen (secondary N) is 2. The third-order valence-corrected chi connectivity index (χ3v) is 6.24. The molecule has 176 valence electrons. The molecule has 1 unspecified atom stereocenters. The van der Waals surface area contributed by atoms with Crippen LogP contribution in [0.4, 0.5) is 0 Å². The van der Waals surface area contributed by atoms with Crippen LogP contribution in [0, 0.1) is 0 Å². The summed E-state index contributed by atoms with van der Waals surface area (Å²) in [5.74, 6) is 0.865. The molecule has 1 aromatic carbocycles. The quantitative estimate of drug-likeness (QED) is 0.281. The highest BCUT2D eigenvalue weighted by Crippen LogP contribution is 2.18. The maximum Gasteiger partial charge on any atom is 0.191 e. The van der Waals surface area contributed by atoms with Gasteiger partial charge in [0, 0.05) is 45.9 Å². The van der Waals surface area contributed by atoms with E-state index in [0.29, 0.717) is 12.7 Å². The summed E-state index contributed by atoms with van der Waals surface area (Å²) in [6.45, 7) is 8.60. The molecule has 7 heteroatoms. The normalized spacial score (nSPS) is 20.8. The highest BCUT2D eigenvalue weighted by Gasteiger charge is 2.20. The van der Waals surface area contributed by atoms with Gasteiger partial charge in [-0.15, -0.1) is 24.0 Å². The molecule has 1 aromatic rings. The average Bonchev–Trinajstić information content (AvgIpc) is 2.81. The Morgan fingerprint density at radius 3 is 2.74 bits per heavy atom. The SMILES string of the molecule is CCC1CCCCN1CCNC(=NC)NCc1cccc(COC2CCOCC2)c1.I. The van der Waals surface area contributed by atoms with Crippen molar-refractivity contribution < 1.29 is 9.47 Å². The van der Waals surface area contributed by atoms with E-state index in [0.717, 1.165) is 57.7 Å². The van der Waals surface area contributed by atoms with Crippen LogP contribution in [-0.4, -0.2) is 62.9 Å². The second-order valence-corrected chi connectivity index (χ2v) is 8.39. The van der Waals surface area contributed by atoms with Gasteiger partial charge >= 0.3 is 0 Å². The smallest absolute Gasteiger partial charge is 0.191 e. The van der Waals surface area contributed by atoms with Gasteiger partial charge in [0.05, 0.1) is 12.7 Å². The Balaban J connectivity index is 0.00000341. The van der Waals surface area contributed by atoms with E-state index in [9.17, 15) is 0 Å². The number of hydrogen-bond donors (Lipinski definition) is 2. The fraction of sp³-hybridized carbons (Fsp3) is 0.708. The molecular weight excluding hydrogens is 503 g/mol. The van der Waals surface area contributed by atoms with Gasteiger partial charge in [-0.25, -0.2) is 0 Å². The van der Waals surface area contributed by atoms with Gasteiger partial charge in [0.1, 0.15) is 0 Å². The molecule has 2 N–H and O–H groups in total. The minimum absolute atomic E-state index is 0. The van der Waals surface area contributed by atoms with Crippen LogP contribution in [0.25, 0.3) is 0 Å². The Bertz CT molecular complexity index is 652. The summed E-state index contributed by atoms with van der Waals surface area (Å²) in [6, 6.07) is 9.37. The van der Waals surface area contributed by atoms with Crippen molar-refractivity contribution in [3.8, 4) is 0 Å². The summed E-state index contributed by atoms with van der Waals surface area (Å²) in [4.78, 5) is 7.01. The van der Waals surface area contributed by atoms with E-state index in [-0.39, 0.29) is 24.0 Å². The van der Waals surface area contributed by atoms with E-state index in [4.69, 9.17) is 9.47 Å². The first-order chi connectivity index (χ1) is 14.8. The third-order valence-electron chi connectivity index (χ3n) is 6.24. The molecule has 0 bridgehead atoms. The second kappa shape index (κ2) is 15.0. The largest absolute Gasteiger partial charge is 0.381 e. The molecule has 2 fully saturated rings. The Kier molecular flexibility index (Phi) is 12.8. The molecule has 0 aliphatic carbocycles. The maximum atomic E-state index is 6.06. The monoisotopic (exact) mass is 544 g/mol. The van der Waals surface area contributed by atoms with Gasteiger partial charge in [0.2, 0.25) is 0 Å². The van der Waals surface area contributed by atoms with Crippen molar-refractivity contribution in [2.24, 2.45) is 4.99 Å². The van der Waals surface area contributed by atoms with Crippen LogP contribution >= 0.6 is 24.0 Å². The Hall–Kier alpha value is -0.900. The molecule has 0 aromatic heterocycles. The predicted molar refractivity (Wildman–Crippen MR) is 138 cm³/mol. The average molecular weight is 545 g/mol. The Morgan fingerprint density at radius 1 is 1.16 bits per heavy atom. The molecule has 3 rings (SSSR count). The van der Waals surface area contributed by atoms with Gasteiger partial charge in [-0.05, 0) is 49.8 Å². The minimum atomic E-state index is 0. The molecular formula is C24H41IN4O2. The van der Waals surface area contributed by atoms with Crippen molar-refractivity contribution >= 4 is 29.9 Å². The lowest BCUT2D eigenvalue weighted by atomic mass is 10.0. The van der Waals surface area contributed by atoms with E-state index in [2.05, 4.69) is 51.7 Å². The maximum absolute atomic E-state index is 6.06. The zero-order valence-electron chi connectivity index (χ0n) is 19.3. The van der Waals surface area contributed by atoms with Gasteiger partial charge in [0.25, 0.3) is 0 Å². The molecule has 0 radical (unpaired) electrons. The summed E-state index contributed by atoms with van der Waals surface area (Å²) in [5.41, 5.74) is 2.47. The number of halogens is 1. The summed E-state index contributed by atoms with van der Waals surface area (Å²) < 4.78 is 11.5. The number of guanidine groups is 1. The molecule has 0 spiro atoms. The molecule has 0 saturated carbocycles. The van der Waals surface area contributed by atoms with Gasteiger partial charge in [0.15, 0.2) is 5.96 Å². The number of ether oxygens (including phenoxy) is 2. The first-order valence-corrected chi connectivity index (χ1v) is 11.7. The number of piperidine rings is 1.